The first-order chi connectivity index (χ1) is 12.1. The lowest BCUT2D eigenvalue weighted by Gasteiger charge is -2.21. The van der Waals surface area contributed by atoms with Crippen LogP contribution in [0.5, 0.6) is 5.75 Å². The Morgan fingerprint density at radius 3 is 2.60 bits per heavy atom. The number of halogens is 1. The predicted octanol–water partition coefficient (Wildman–Crippen LogP) is 5.02. The zero-order valence-electron chi connectivity index (χ0n) is 14.0. The van der Waals surface area contributed by atoms with E-state index in [1.165, 1.54) is 29.6 Å². The van der Waals surface area contributed by atoms with Gasteiger partial charge in [-0.15, -0.1) is 23.5 Å². The first kappa shape index (κ1) is 18.1. The summed E-state index contributed by atoms with van der Waals surface area (Å²) in [5.74, 6) is 2.41. The molecule has 3 rings (SSSR count). The van der Waals surface area contributed by atoms with Gasteiger partial charge in [0.2, 0.25) is 0 Å². The molecule has 3 nitrogen and oxygen atoms in total. The molecule has 25 heavy (non-hydrogen) atoms. The summed E-state index contributed by atoms with van der Waals surface area (Å²) in [5, 5.41) is 2.63. The molecular weight excluding hydrogens is 357 g/mol. The Morgan fingerprint density at radius 1 is 1.20 bits per heavy atom. The maximum atomic E-state index is 13.5. The lowest BCUT2D eigenvalue weighted by atomic mass is 10.2. The molecular formula is C19H20FNO2S2. The molecule has 1 aliphatic rings. The van der Waals surface area contributed by atoms with Crippen molar-refractivity contribution in [2.24, 2.45) is 0 Å². The average molecular weight is 378 g/mol. The van der Waals surface area contributed by atoms with E-state index in [9.17, 15) is 9.18 Å². The fourth-order valence-corrected chi connectivity index (χ4v) is 5.31. The third-order valence-electron chi connectivity index (χ3n) is 3.80. The van der Waals surface area contributed by atoms with Crippen LogP contribution in [0.15, 0.2) is 42.5 Å². The Balaban J connectivity index is 1.50. The molecule has 0 bridgehead atoms. The van der Waals surface area contributed by atoms with Crippen LogP contribution in [0.3, 0.4) is 0 Å². The van der Waals surface area contributed by atoms with Crippen LogP contribution >= 0.6 is 23.5 Å². The van der Waals surface area contributed by atoms with Crippen molar-refractivity contribution < 1.29 is 13.9 Å². The summed E-state index contributed by atoms with van der Waals surface area (Å²) in [6, 6.07) is 12.5. The van der Waals surface area contributed by atoms with Crippen molar-refractivity contribution in [2.45, 2.75) is 17.9 Å². The number of benzene rings is 2. The number of aryl methyl sites for hydroxylation is 1. The Bertz CT molecular complexity index is 731. The van der Waals surface area contributed by atoms with E-state index in [2.05, 4.69) is 17.4 Å². The SMILES string of the molecule is Cc1ccc(NC(=O)COc2ccc(C3SCCCS3)cc2)cc1F. The molecule has 132 valence electrons. The van der Waals surface area contributed by atoms with Gasteiger partial charge < -0.3 is 10.1 Å². The summed E-state index contributed by atoms with van der Waals surface area (Å²) in [5.41, 5.74) is 2.25. The van der Waals surface area contributed by atoms with E-state index in [1.807, 2.05) is 35.7 Å². The van der Waals surface area contributed by atoms with Gasteiger partial charge in [0.15, 0.2) is 6.61 Å². The van der Waals surface area contributed by atoms with Crippen molar-refractivity contribution in [3.8, 4) is 5.75 Å². The second-order valence-electron chi connectivity index (χ2n) is 5.80. The van der Waals surface area contributed by atoms with Gasteiger partial charge in [-0.25, -0.2) is 4.39 Å². The van der Waals surface area contributed by atoms with Gasteiger partial charge in [-0.1, -0.05) is 18.2 Å². The second-order valence-corrected chi connectivity index (χ2v) is 8.52. The molecule has 1 aliphatic heterocycles. The second kappa shape index (κ2) is 8.63. The van der Waals surface area contributed by atoms with Crippen molar-refractivity contribution in [2.75, 3.05) is 23.4 Å². The van der Waals surface area contributed by atoms with Crippen molar-refractivity contribution in [1.29, 1.82) is 0 Å². The normalized spacial score (nSPS) is 15.0. The largest absolute Gasteiger partial charge is 0.484 e. The molecule has 0 saturated carbocycles. The maximum Gasteiger partial charge on any atom is 0.262 e. The maximum absolute atomic E-state index is 13.5. The highest BCUT2D eigenvalue weighted by Crippen LogP contribution is 2.43. The first-order valence-corrected chi connectivity index (χ1v) is 10.2. The highest BCUT2D eigenvalue weighted by Gasteiger charge is 2.16. The third-order valence-corrected chi connectivity index (χ3v) is 6.82. The molecule has 1 amide bonds. The summed E-state index contributed by atoms with van der Waals surface area (Å²) in [6.07, 6.45) is 1.27. The van der Waals surface area contributed by atoms with Crippen LogP contribution in [0.1, 0.15) is 22.1 Å². The number of hydrogen-bond donors (Lipinski definition) is 1. The topological polar surface area (TPSA) is 38.3 Å². The van der Waals surface area contributed by atoms with Crippen LogP contribution in [-0.2, 0) is 4.79 Å². The zero-order chi connectivity index (χ0) is 17.6. The summed E-state index contributed by atoms with van der Waals surface area (Å²) in [7, 11) is 0. The number of ether oxygens (including phenoxy) is 1. The third kappa shape index (κ3) is 5.16. The van der Waals surface area contributed by atoms with Gasteiger partial charge in [0, 0.05) is 5.69 Å². The zero-order valence-corrected chi connectivity index (χ0v) is 15.6. The van der Waals surface area contributed by atoms with E-state index in [-0.39, 0.29) is 18.3 Å². The number of amides is 1. The van der Waals surface area contributed by atoms with Crippen LogP contribution < -0.4 is 10.1 Å². The van der Waals surface area contributed by atoms with E-state index in [0.717, 1.165) is 0 Å². The summed E-state index contributed by atoms with van der Waals surface area (Å²) < 4.78 is 19.5. The predicted molar refractivity (Wildman–Crippen MR) is 104 cm³/mol. The highest BCUT2D eigenvalue weighted by molar-refractivity contribution is 8.16. The molecule has 1 saturated heterocycles. The Kier molecular flexibility index (Phi) is 6.26. The van der Waals surface area contributed by atoms with E-state index < -0.39 is 0 Å². The minimum atomic E-state index is -0.340. The quantitative estimate of drug-likeness (QED) is 0.794. The molecule has 0 atom stereocenters. The van der Waals surface area contributed by atoms with Crippen LogP contribution in [0.2, 0.25) is 0 Å². The first-order valence-electron chi connectivity index (χ1n) is 8.14. The number of nitrogens with one attached hydrogen (secondary N) is 1. The summed E-state index contributed by atoms with van der Waals surface area (Å²) >= 11 is 3.94. The number of carbonyl (C=O) groups excluding carboxylic acids is 1. The van der Waals surface area contributed by atoms with Gasteiger partial charge in [0.1, 0.15) is 11.6 Å². The molecule has 1 heterocycles. The van der Waals surface area contributed by atoms with Gasteiger partial charge in [-0.05, 0) is 60.2 Å². The molecule has 2 aromatic rings. The average Bonchev–Trinajstić information content (AvgIpc) is 2.64. The minimum Gasteiger partial charge on any atom is -0.484 e. The number of carbonyl (C=O) groups is 1. The number of thioether (sulfide) groups is 2. The van der Waals surface area contributed by atoms with E-state index in [4.69, 9.17) is 4.74 Å². The molecule has 0 aliphatic carbocycles. The van der Waals surface area contributed by atoms with Gasteiger partial charge in [0.05, 0.1) is 4.58 Å². The summed E-state index contributed by atoms with van der Waals surface area (Å²) in [6.45, 7) is 1.57. The lowest BCUT2D eigenvalue weighted by Crippen LogP contribution is -2.20. The van der Waals surface area contributed by atoms with Crippen molar-refractivity contribution in [3.05, 3.63) is 59.4 Å². The Hall–Kier alpha value is -1.66. The van der Waals surface area contributed by atoms with Crippen LogP contribution in [0.4, 0.5) is 10.1 Å². The van der Waals surface area contributed by atoms with Gasteiger partial charge in [-0.2, -0.15) is 0 Å². The van der Waals surface area contributed by atoms with Crippen LogP contribution in [0, 0.1) is 12.7 Å². The lowest BCUT2D eigenvalue weighted by molar-refractivity contribution is -0.118. The molecule has 1 fully saturated rings. The Labute approximate surface area is 155 Å². The highest BCUT2D eigenvalue weighted by atomic mass is 32.2. The molecule has 0 aromatic heterocycles. The fraction of sp³-hybridized carbons (Fsp3) is 0.316. The number of rotatable bonds is 5. The van der Waals surface area contributed by atoms with Crippen molar-refractivity contribution in [1.82, 2.24) is 0 Å². The molecule has 1 N–H and O–H groups in total. The van der Waals surface area contributed by atoms with Gasteiger partial charge in [-0.3, -0.25) is 4.79 Å². The molecule has 0 radical (unpaired) electrons. The monoisotopic (exact) mass is 377 g/mol. The number of hydrogen-bond acceptors (Lipinski definition) is 4. The van der Waals surface area contributed by atoms with Crippen molar-refractivity contribution in [3.63, 3.8) is 0 Å². The molecule has 2 aromatic carbocycles. The van der Waals surface area contributed by atoms with E-state index in [1.54, 1.807) is 19.1 Å². The van der Waals surface area contributed by atoms with Crippen LogP contribution in [0.25, 0.3) is 0 Å². The van der Waals surface area contributed by atoms with E-state index in [0.29, 0.717) is 21.6 Å². The standard InChI is InChI=1S/C19H20FNO2S2/c1-13-3-6-15(11-17(13)20)21-18(22)12-23-16-7-4-14(5-8-16)19-24-9-2-10-25-19/h3-8,11,19H,2,9-10,12H2,1H3,(H,21,22). The smallest absolute Gasteiger partial charge is 0.262 e. The fourth-order valence-electron chi connectivity index (χ4n) is 2.42. The minimum absolute atomic E-state index is 0.109. The molecule has 6 heteroatoms. The molecule has 0 unspecified atom stereocenters. The van der Waals surface area contributed by atoms with Gasteiger partial charge in [0.25, 0.3) is 5.91 Å². The molecule has 0 spiro atoms. The summed E-state index contributed by atoms with van der Waals surface area (Å²) in [4.78, 5) is 11.9. The Morgan fingerprint density at radius 2 is 1.92 bits per heavy atom. The van der Waals surface area contributed by atoms with E-state index >= 15 is 0 Å². The van der Waals surface area contributed by atoms with Crippen LogP contribution in [-0.4, -0.2) is 24.0 Å². The van der Waals surface area contributed by atoms with Crippen molar-refractivity contribution >= 4 is 35.1 Å². The number of anilines is 1. The van der Waals surface area contributed by atoms with Gasteiger partial charge >= 0.3 is 0 Å².